The maximum absolute atomic E-state index is 13.9. The second-order valence-electron chi connectivity index (χ2n) is 11.7. The molecule has 0 bridgehead atoms. The summed E-state index contributed by atoms with van der Waals surface area (Å²) >= 11 is 1.53. The number of nitrogens with zero attached hydrogens (tertiary/aromatic N) is 3. The van der Waals surface area contributed by atoms with E-state index in [1.165, 1.54) is 11.8 Å². The molecule has 0 saturated carbocycles. The fourth-order valence-electron chi connectivity index (χ4n) is 5.55. The molecule has 42 heavy (non-hydrogen) atoms. The molecule has 1 N–H and O–H groups in total. The lowest BCUT2D eigenvalue weighted by atomic mass is 9.87. The number of nitrogens with one attached hydrogen (secondary N) is 1. The Kier molecular flexibility index (Phi) is 7.80. The molecule has 2 atom stereocenters. The van der Waals surface area contributed by atoms with Gasteiger partial charge in [-0.1, -0.05) is 26.8 Å². The monoisotopic (exact) mass is 592 g/mol. The van der Waals surface area contributed by atoms with Crippen LogP contribution in [0.5, 0.6) is 17.2 Å². The van der Waals surface area contributed by atoms with Gasteiger partial charge in [0.1, 0.15) is 18.1 Å². The summed E-state index contributed by atoms with van der Waals surface area (Å²) in [6.07, 6.45) is 1.91. The number of amides is 2. The van der Waals surface area contributed by atoms with Crippen molar-refractivity contribution in [3.05, 3.63) is 59.3 Å². The lowest BCUT2D eigenvalue weighted by Gasteiger charge is -2.25. The number of benzene rings is 2. The number of hydrogen-bond acceptors (Lipinski definition) is 8. The first-order valence-electron chi connectivity index (χ1n) is 14.2. The Morgan fingerprint density at radius 1 is 1.14 bits per heavy atom. The zero-order valence-electron chi connectivity index (χ0n) is 24.3. The first-order chi connectivity index (χ1) is 20.2. The van der Waals surface area contributed by atoms with E-state index in [-0.39, 0.29) is 47.7 Å². The van der Waals surface area contributed by atoms with E-state index in [4.69, 9.17) is 24.0 Å². The van der Waals surface area contributed by atoms with Crippen LogP contribution in [0.25, 0.3) is 5.69 Å². The number of carbonyl (C=O) groups is 2. The van der Waals surface area contributed by atoms with E-state index in [9.17, 15) is 9.59 Å². The smallest absolute Gasteiger partial charge is 0.240 e. The molecule has 11 heteroatoms. The van der Waals surface area contributed by atoms with Gasteiger partial charge >= 0.3 is 0 Å². The lowest BCUT2D eigenvalue weighted by Crippen LogP contribution is -2.44. The van der Waals surface area contributed by atoms with Crippen molar-refractivity contribution in [2.75, 3.05) is 44.3 Å². The number of hydrogen-bond donors (Lipinski definition) is 1. The van der Waals surface area contributed by atoms with Crippen molar-refractivity contribution in [3.8, 4) is 22.9 Å². The average molecular weight is 593 g/mol. The van der Waals surface area contributed by atoms with Gasteiger partial charge in [-0.05, 0) is 54.8 Å². The van der Waals surface area contributed by atoms with E-state index in [0.717, 1.165) is 35.3 Å². The number of ether oxygens (including phenoxy) is 4. The number of aromatic nitrogens is 2. The van der Waals surface area contributed by atoms with Gasteiger partial charge in [0.25, 0.3) is 0 Å². The molecule has 3 aliphatic heterocycles. The predicted octanol–water partition coefficient (Wildman–Crippen LogP) is 4.37. The zero-order valence-corrected chi connectivity index (χ0v) is 25.2. The number of fused-ring (bicyclic) bond motifs is 2. The summed E-state index contributed by atoms with van der Waals surface area (Å²) in [6, 6.07) is 13.4. The highest BCUT2D eigenvalue weighted by molar-refractivity contribution is 8.00. The molecule has 2 amide bonds. The maximum atomic E-state index is 13.9. The van der Waals surface area contributed by atoms with Gasteiger partial charge in [0.2, 0.25) is 18.6 Å². The Hall–Kier alpha value is -3.70. The Morgan fingerprint density at radius 2 is 1.93 bits per heavy atom. The summed E-state index contributed by atoms with van der Waals surface area (Å²) in [5.74, 6) is 2.47. The molecule has 222 valence electrons. The first-order valence-corrected chi connectivity index (χ1v) is 15.3. The molecule has 0 radical (unpaired) electrons. The van der Waals surface area contributed by atoms with Crippen LogP contribution in [0.4, 0.5) is 5.82 Å². The van der Waals surface area contributed by atoms with Gasteiger partial charge in [0.15, 0.2) is 11.5 Å². The summed E-state index contributed by atoms with van der Waals surface area (Å²) in [4.78, 5) is 28.8. The highest BCUT2D eigenvalue weighted by Crippen LogP contribution is 2.50. The third-order valence-electron chi connectivity index (χ3n) is 7.67. The highest BCUT2D eigenvalue weighted by Gasteiger charge is 2.40. The van der Waals surface area contributed by atoms with E-state index in [1.54, 1.807) is 16.7 Å². The summed E-state index contributed by atoms with van der Waals surface area (Å²) in [6.45, 7) is 7.52. The van der Waals surface area contributed by atoms with Gasteiger partial charge < -0.3 is 24.3 Å². The molecule has 4 heterocycles. The second kappa shape index (κ2) is 11.5. The van der Waals surface area contributed by atoms with Gasteiger partial charge in [0.05, 0.1) is 35.6 Å². The van der Waals surface area contributed by atoms with Crippen molar-refractivity contribution < 1.29 is 28.5 Å². The van der Waals surface area contributed by atoms with Crippen LogP contribution in [0, 0.1) is 0 Å². The van der Waals surface area contributed by atoms with Gasteiger partial charge in [-0.15, -0.1) is 11.8 Å². The fraction of sp³-hybridized carbons (Fsp3) is 0.452. The van der Waals surface area contributed by atoms with Gasteiger partial charge in [-0.2, -0.15) is 5.10 Å². The normalized spacial score (nSPS) is 19.9. The van der Waals surface area contributed by atoms with E-state index in [1.807, 2.05) is 42.5 Å². The zero-order chi connectivity index (χ0) is 29.4. The average Bonchev–Trinajstić information content (AvgIpc) is 3.73. The lowest BCUT2D eigenvalue weighted by molar-refractivity contribution is -0.123. The van der Waals surface area contributed by atoms with Crippen LogP contribution >= 0.6 is 11.8 Å². The number of thioether (sulfide) groups is 1. The molecule has 1 aromatic heterocycles. The van der Waals surface area contributed by atoms with Crippen LogP contribution in [0.1, 0.15) is 55.7 Å². The van der Waals surface area contributed by atoms with Gasteiger partial charge in [-0.25, -0.2) is 4.68 Å². The molecule has 0 aliphatic carbocycles. The molecule has 3 aromatic rings. The number of methoxy groups -OCH3 is 1. The standard InChI is InChI=1S/C31H36N4O6S/c1-31(2,3)29-27-28(19-7-12-23-24(14-19)41-18-40-23)42-17-26(37)34(16-25(36)32-15-22-6-5-13-39-22)30(27)35(33-29)20-8-10-21(38-4)11-9-20/h7-12,14,22,28H,5-6,13,15-18H2,1-4H3,(H,32,36)/t22-,28+/m1/s1. The van der Waals surface area contributed by atoms with Crippen LogP contribution in [0.15, 0.2) is 42.5 Å². The SMILES string of the molecule is COc1ccc(-n2nc(C(C)(C)C)c3c2N(CC(=O)NC[C@H]2CCCO2)C(=O)CS[C@H]3c2ccc3c(c2)OCO3)cc1. The molecule has 2 aromatic carbocycles. The van der Waals surface area contributed by atoms with Crippen molar-refractivity contribution in [2.45, 2.75) is 50.4 Å². The number of anilines is 1. The molecule has 6 rings (SSSR count). The highest BCUT2D eigenvalue weighted by atomic mass is 32.2. The molecule has 0 spiro atoms. The van der Waals surface area contributed by atoms with Crippen molar-refractivity contribution in [2.24, 2.45) is 0 Å². The Balaban J connectivity index is 1.48. The molecule has 1 fully saturated rings. The second-order valence-corrected chi connectivity index (χ2v) is 12.8. The van der Waals surface area contributed by atoms with E-state index >= 15 is 0 Å². The van der Waals surface area contributed by atoms with Crippen molar-refractivity contribution in [1.82, 2.24) is 15.1 Å². The van der Waals surface area contributed by atoms with Crippen LogP contribution in [0.2, 0.25) is 0 Å². The molecule has 3 aliphatic rings. The largest absolute Gasteiger partial charge is 0.497 e. The van der Waals surface area contributed by atoms with Crippen molar-refractivity contribution >= 4 is 29.4 Å². The van der Waals surface area contributed by atoms with E-state index in [0.29, 0.717) is 36.2 Å². The van der Waals surface area contributed by atoms with Crippen molar-refractivity contribution in [3.63, 3.8) is 0 Å². The third kappa shape index (κ3) is 5.55. The van der Waals surface area contributed by atoms with Crippen LogP contribution in [0.3, 0.4) is 0 Å². The van der Waals surface area contributed by atoms with Crippen LogP contribution < -0.4 is 24.4 Å². The molecule has 1 saturated heterocycles. The van der Waals surface area contributed by atoms with Crippen molar-refractivity contribution in [1.29, 1.82) is 0 Å². The van der Waals surface area contributed by atoms with E-state index in [2.05, 4.69) is 26.1 Å². The van der Waals surface area contributed by atoms with Crippen LogP contribution in [-0.2, 0) is 19.7 Å². The first kappa shape index (κ1) is 28.4. The Bertz CT molecular complexity index is 1480. The van der Waals surface area contributed by atoms with E-state index < -0.39 is 0 Å². The maximum Gasteiger partial charge on any atom is 0.240 e. The summed E-state index contributed by atoms with van der Waals surface area (Å²) < 4.78 is 24.1. The molecular weight excluding hydrogens is 556 g/mol. The number of carbonyl (C=O) groups excluding carboxylic acids is 2. The molecular formula is C31H36N4O6S. The quantitative estimate of drug-likeness (QED) is 0.432. The minimum atomic E-state index is -0.363. The molecule has 10 nitrogen and oxygen atoms in total. The predicted molar refractivity (Wildman–Crippen MR) is 160 cm³/mol. The summed E-state index contributed by atoms with van der Waals surface area (Å²) in [5.41, 5.74) is 3.13. The Morgan fingerprint density at radius 3 is 2.64 bits per heavy atom. The van der Waals surface area contributed by atoms with Crippen LogP contribution in [-0.4, -0.2) is 67.1 Å². The molecule has 0 unspecified atom stereocenters. The summed E-state index contributed by atoms with van der Waals surface area (Å²) in [7, 11) is 1.62. The Labute approximate surface area is 249 Å². The van der Waals surface area contributed by atoms with Gasteiger partial charge in [-0.3, -0.25) is 14.5 Å². The fourth-order valence-corrected chi connectivity index (χ4v) is 6.74. The minimum Gasteiger partial charge on any atom is -0.497 e. The van der Waals surface area contributed by atoms with Gasteiger partial charge in [0, 0.05) is 24.1 Å². The minimum absolute atomic E-state index is 0.00705. The third-order valence-corrected chi connectivity index (χ3v) is 8.92. The topological polar surface area (TPSA) is 104 Å². The number of rotatable bonds is 7. The summed E-state index contributed by atoms with van der Waals surface area (Å²) in [5, 5.41) is 7.89.